The summed E-state index contributed by atoms with van der Waals surface area (Å²) in [4.78, 5) is 0. The highest BCUT2D eigenvalue weighted by atomic mass is 32.2. The summed E-state index contributed by atoms with van der Waals surface area (Å²) in [6, 6.07) is 0. The highest BCUT2D eigenvalue weighted by Gasteiger charge is 2.02. The first-order valence-electron chi connectivity index (χ1n) is 8.07. The van der Waals surface area contributed by atoms with Crippen LogP contribution in [0, 0.1) is 0 Å². The van der Waals surface area contributed by atoms with Gasteiger partial charge in [0.1, 0.15) is 0 Å². The molecule has 0 saturated heterocycles. The third-order valence-corrected chi connectivity index (χ3v) is 4.43. The third kappa shape index (κ3) is 14.4. The van der Waals surface area contributed by atoms with E-state index in [9.17, 15) is 5.11 Å². The van der Waals surface area contributed by atoms with Gasteiger partial charge in [0, 0.05) is 5.75 Å². The molecule has 18 heavy (non-hydrogen) atoms. The first kappa shape index (κ1) is 18.3. The van der Waals surface area contributed by atoms with Crippen LogP contribution in [0.5, 0.6) is 0 Å². The molecule has 1 N–H and O–H groups in total. The molecule has 0 aliphatic carbocycles. The molecule has 110 valence electrons. The molecule has 0 aliphatic heterocycles. The molecular formula is C16H34OS. The van der Waals surface area contributed by atoms with Gasteiger partial charge in [0.15, 0.2) is 0 Å². The minimum Gasteiger partial charge on any atom is -0.392 e. The van der Waals surface area contributed by atoms with Gasteiger partial charge in [0.05, 0.1) is 6.10 Å². The summed E-state index contributed by atoms with van der Waals surface area (Å²) in [7, 11) is 0. The van der Waals surface area contributed by atoms with E-state index < -0.39 is 0 Å². The molecule has 0 spiro atoms. The van der Waals surface area contributed by atoms with E-state index in [2.05, 4.69) is 13.8 Å². The quantitative estimate of drug-likeness (QED) is 0.427. The summed E-state index contributed by atoms with van der Waals surface area (Å²) in [5, 5.41) is 9.68. The minimum absolute atomic E-state index is 0.0657. The van der Waals surface area contributed by atoms with E-state index in [0.29, 0.717) is 0 Å². The van der Waals surface area contributed by atoms with E-state index >= 15 is 0 Å². The zero-order valence-corrected chi connectivity index (χ0v) is 13.4. The monoisotopic (exact) mass is 274 g/mol. The number of hydrogen-bond donors (Lipinski definition) is 1. The van der Waals surface area contributed by atoms with Crippen molar-refractivity contribution in [3.63, 3.8) is 0 Å². The van der Waals surface area contributed by atoms with Gasteiger partial charge in [0.25, 0.3) is 0 Å². The molecule has 0 rings (SSSR count). The van der Waals surface area contributed by atoms with Gasteiger partial charge in [-0.25, -0.2) is 0 Å². The van der Waals surface area contributed by atoms with E-state index in [1.165, 1.54) is 64.2 Å². The van der Waals surface area contributed by atoms with Gasteiger partial charge in [-0.15, -0.1) is 0 Å². The zero-order chi connectivity index (χ0) is 13.5. The zero-order valence-electron chi connectivity index (χ0n) is 12.6. The number of aliphatic hydroxyl groups is 1. The van der Waals surface area contributed by atoms with Crippen molar-refractivity contribution >= 4 is 11.8 Å². The molecule has 0 saturated carbocycles. The summed E-state index contributed by atoms with van der Waals surface area (Å²) < 4.78 is 0. The van der Waals surface area contributed by atoms with Crippen molar-refractivity contribution in [3.8, 4) is 0 Å². The first-order chi connectivity index (χ1) is 8.81. The van der Waals surface area contributed by atoms with Crippen molar-refractivity contribution in [2.24, 2.45) is 0 Å². The molecule has 2 heteroatoms. The van der Waals surface area contributed by atoms with E-state index in [4.69, 9.17) is 0 Å². The van der Waals surface area contributed by atoms with Gasteiger partial charge in [-0.2, -0.15) is 11.8 Å². The number of unbranched alkanes of at least 4 members (excludes halogenated alkanes) is 9. The maximum atomic E-state index is 9.68. The minimum atomic E-state index is -0.0657. The topological polar surface area (TPSA) is 20.2 Å². The van der Waals surface area contributed by atoms with Crippen LogP contribution in [-0.4, -0.2) is 22.7 Å². The highest BCUT2D eigenvalue weighted by Crippen LogP contribution is 2.13. The summed E-state index contributed by atoms with van der Waals surface area (Å²) in [5.41, 5.74) is 0. The molecule has 0 aliphatic rings. The number of hydrogen-bond acceptors (Lipinski definition) is 2. The molecule has 0 radical (unpaired) electrons. The Balaban J connectivity index is 3.02. The van der Waals surface area contributed by atoms with Crippen LogP contribution in [0.25, 0.3) is 0 Å². The lowest BCUT2D eigenvalue weighted by Crippen LogP contribution is -2.09. The highest BCUT2D eigenvalue weighted by molar-refractivity contribution is 7.99. The van der Waals surface area contributed by atoms with Crippen LogP contribution in [0.15, 0.2) is 0 Å². The Bertz CT molecular complexity index is 150. The van der Waals surface area contributed by atoms with Crippen LogP contribution in [0.4, 0.5) is 0 Å². The van der Waals surface area contributed by atoms with E-state index in [1.54, 1.807) is 0 Å². The Morgan fingerprint density at radius 1 is 0.778 bits per heavy atom. The SMILES string of the molecule is CCCCCCCCCCCCC(O)CSCC. The molecule has 1 nitrogen and oxygen atoms in total. The van der Waals surface area contributed by atoms with Crippen LogP contribution < -0.4 is 0 Å². The average molecular weight is 275 g/mol. The van der Waals surface area contributed by atoms with E-state index in [1.807, 2.05) is 11.8 Å². The largest absolute Gasteiger partial charge is 0.392 e. The molecule has 0 aromatic carbocycles. The second kappa shape index (κ2) is 15.4. The van der Waals surface area contributed by atoms with Crippen molar-refractivity contribution in [2.45, 2.75) is 90.6 Å². The normalized spacial score (nSPS) is 12.8. The lowest BCUT2D eigenvalue weighted by molar-refractivity contribution is 0.185. The fraction of sp³-hybridized carbons (Fsp3) is 1.00. The number of thioether (sulfide) groups is 1. The molecule has 0 aromatic heterocycles. The maximum absolute atomic E-state index is 9.68. The lowest BCUT2D eigenvalue weighted by Gasteiger charge is -2.09. The van der Waals surface area contributed by atoms with Crippen molar-refractivity contribution < 1.29 is 5.11 Å². The van der Waals surface area contributed by atoms with Gasteiger partial charge in [-0.05, 0) is 12.2 Å². The van der Waals surface area contributed by atoms with Crippen molar-refractivity contribution in [1.29, 1.82) is 0 Å². The van der Waals surface area contributed by atoms with Gasteiger partial charge >= 0.3 is 0 Å². The van der Waals surface area contributed by atoms with Crippen molar-refractivity contribution in [2.75, 3.05) is 11.5 Å². The Morgan fingerprint density at radius 3 is 1.78 bits per heavy atom. The predicted molar refractivity (Wildman–Crippen MR) is 85.5 cm³/mol. The number of rotatable bonds is 14. The van der Waals surface area contributed by atoms with E-state index in [-0.39, 0.29) is 6.10 Å². The van der Waals surface area contributed by atoms with Gasteiger partial charge in [-0.3, -0.25) is 0 Å². The van der Waals surface area contributed by atoms with E-state index in [0.717, 1.165) is 17.9 Å². The molecule has 1 atom stereocenters. The van der Waals surface area contributed by atoms with Gasteiger partial charge < -0.3 is 5.11 Å². The smallest absolute Gasteiger partial charge is 0.0630 e. The van der Waals surface area contributed by atoms with Gasteiger partial charge in [-0.1, -0.05) is 78.1 Å². The Hall–Kier alpha value is 0.310. The fourth-order valence-corrected chi connectivity index (χ4v) is 2.88. The molecule has 1 unspecified atom stereocenters. The Kier molecular flexibility index (Phi) is 15.6. The Morgan fingerprint density at radius 2 is 1.28 bits per heavy atom. The molecule has 0 amide bonds. The second-order valence-corrected chi connectivity index (χ2v) is 6.60. The summed E-state index contributed by atoms with van der Waals surface area (Å²) in [6.45, 7) is 4.42. The summed E-state index contributed by atoms with van der Waals surface area (Å²) >= 11 is 1.85. The van der Waals surface area contributed by atoms with Gasteiger partial charge in [0.2, 0.25) is 0 Å². The van der Waals surface area contributed by atoms with Crippen LogP contribution in [0.1, 0.15) is 84.5 Å². The van der Waals surface area contributed by atoms with Crippen molar-refractivity contribution in [1.82, 2.24) is 0 Å². The first-order valence-corrected chi connectivity index (χ1v) is 9.22. The lowest BCUT2D eigenvalue weighted by atomic mass is 10.1. The molecule has 0 fully saturated rings. The fourth-order valence-electron chi connectivity index (χ4n) is 2.20. The third-order valence-electron chi connectivity index (χ3n) is 3.41. The molecular weight excluding hydrogens is 240 g/mol. The number of aliphatic hydroxyl groups excluding tert-OH is 1. The van der Waals surface area contributed by atoms with Crippen molar-refractivity contribution in [3.05, 3.63) is 0 Å². The molecule has 0 aromatic rings. The standard InChI is InChI=1S/C16H34OS/c1-3-5-6-7-8-9-10-11-12-13-14-16(17)15-18-4-2/h16-17H,3-15H2,1-2H3. The molecule has 0 heterocycles. The predicted octanol–water partition coefficient (Wildman–Crippen LogP) is 5.41. The van der Waals surface area contributed by atoms with Crippen LogP contribution in [0.2, 0.25) is 0 Å². The van der Waals surface area contributed by atoms with Crippen LogP contribution >= 0.6 is 11.8 Å². The Labute approximate surface area is 119 Å². The maximum Gasteiger partial charge on any atom is 0.0630 e. The van der Waals surface area contributed by atoms with Crippen LogP contribution in [0.3, 0.4) is 0 Å². The summed E-state index contributed by atoms with van der Waals surface area (Å²) in [5.74, 6) is 2.04. The average Bonchev–Trinajstić information content (AvgIpc) is 2.38. The van der Waals surface area contributed by atoms with Crippen LogP contribution in [-0.2, 0) is 0 Å². The second-order valence-electron chi connectivity index (χ2n) is 5.28. The summed E-state index contributed by atoms with van der Waals surface area (Å²) in [6.07, 6.45) is 14.7. The molecule has 0 bridgehead atoms.